The van der Waals surface area contributed by atoms with E-state index in [1.807, 2.05) is 0 Å². The van der Waals surface area contributed by atoms with E-state index in [0.717, 1.165) is 18.2 Å². The number of carboxylic acid groups (broad SMARTS) is 1. The molecule has 0 heterocycles. The number of rotatable bonds is 5. The van der Waals surface area contributed by atoms with Crippen LogP contribution in [0, 0.1) is 5.92 Å². The molecule has 0 spiro atoms. The normalized spacial score (nSPS) is 25.3. The third kappa shape index (κ3) is 4.17. The second-order valence-corrected chi connectivity index (χ2v) is 4.26. The topological polar surface area (TPSA) is 66.4 Å². The smallest absolute Gasteiger partial charge is 0.313 e. The molecule has 0 aromatic rings. The van der Waals surface area contributed by atoms with Crippen molar-refractivity contribution in [2.45, 2.75) is 19.4 Å². The molecule has 1 fully saturated rings. The van der Waals surface area contributed by atoms with Crippen molar-refractivity contribution < 1.29 is 14.7 Å². The van der Waals surface area contributed by atoms with Gasteiger partial charge in [-0.3, -0.25) is 9.59 Å². The number of nitrogens with one attached hydrogen (secondary N) is 1. The Bertz CT molecular complexity index is 219. The van der Waals surface area contributed by atoms with E-state index in [0.29, 0.717) is 12.0 Å². The van der Waals surface area contributed by atoms with E-state index in [2.05, 4.69) is 12.2 Å². The van der Waals surface area contributed by atoms with Crippen LogP contribution >= 0.6 is 11.8 Å². The van der Waals surface area contributed by atoms with Gasteiger partial charge < -0.3 is 10.4 Å². The lowest BCUT2D eigenvalue weighted by Gasteiger charge is -2.01. The van der Waals surface area contributed by atoms with Crippen LogP contribution in [0.1, 0.15) is 13.3 Å². The monoisotopic (exact) mass is 203 g/mol. The number of carboxylic acids is 1. The van der Waals surface area contributed by atoms with E-state index in [1.165, 1.54) is 0 Å². The molecule has 1 amide bonds. The van der Waals surface area contributed by atoms with Crippen molar-refractivity contribution in [3.05, 3.63) is 0 Å². The molecule has 1 rings (SSSR count). The second-order valence-electron chi connectivity index (χ2n) is 3.27. The lowest BCUT2D eigenvalue weighted by atomic mass is 10.5. The van der Waals surface area contributed by atoms with Gasteiger partial charge in [-0.2, -0.15) is 0 Å². The van der Waals surface area contributed by atoms with Gasteiger partial charge in [0, 0.05) is 6.04 Å². The largest absolute Gasteiger partial charge is 0.481 e. The van der Waals surface area contributed by atoms with Crippen LogP contribution in [0.4, 0.5) is 0 Å². The van der Waals surface area contributed by atoms with Gasteiger partial charge in [-0.25, -0.2) is 0 Å². The van der Waals surface area contributed by atoms with Gasteiger partial charge in [0.1, 0.15) is 0 Å². The molecule has 0 bridgehead atoms. The maximum atomic E-state index is 11.1. The third-order valence-corrected chi connectivity index (χ3v) is 2.83. The standard InChI is InChI=1S/C8H13NO3S/c1-5-2-6(5)9-7(10)3-13-4-8(11)12/h5-6H,2-4H2,1H3,(H,9,10)(H,11,12). The number of hydrogen-bond acceptors (Lipinski definition) is 3. The molecule has 0 saturated heterocycles. The summed E-state index contributed by atoms with van der Waals surface area (Å²) in [6.07, 6.45) is 1.05. The summed E-state index contributed by atoms with van der Waals surface area (Å²) in [4.78, 5) is 21.2. The summed E-state index contributed by atoms with van der Waals surface area (Å²) in [5.41, 5.74) is 0. The van der Waals surface area contributed by atoms with Crippen LogP contribution in [0.2, 0.25) is 0 Å². The van der Waals surface area contributed by atoms with E-state index in [-0.39, 0.29) is 17.4 Å². The van der Waals surface area contributed by atoms with Crippen molar-refractivity contribution >= 4 is 23.6 Å². The van der Waals surface area contributed by atoms with E-state index in [9.17, 15) is 9.59 Å². The Balaban J connectivity index is 2.01. The molecule has 5 heteroatoms. The molecule has 2 atom stereocenters. The van der Waals surface area contributed by atoms with E-state index < -0.39 is 5.97 Å². The zero-order chi connectivity index (χ0) is 9.84. The molecule has 1 aliphatic carbocycles. The maximum Gasteiger partial charge on any atom is 0.313 e. The fourth-order valence-electron chi connectivity index (χ4n) is 1.00. The summed E-state index contributed by atoms with van der Waals surface area (Å²) in [6.45, 7) is 2.08. The summed E-state index contributed by atoms with van der Waals surface area (Å²) in [5.74, 6) is -0.102. The van der Waals surface area contributed by atoms with Crippen molar-refractivity contribution in [1.29, 1.82) is 0 Å². The molecule has 0 radical (unpaired) electrons. The van der Waals surface area contributed by atoms with Gasteiger partial charge in [0.2, 0.25) is 5.91 Å². The lowest BCUT2D eigenvalue weighted by molar-refractivity contribution is -0.133. The molecule has 13 heavy (non-hydrogen) atoms. The molecule has 4 nitrogen and oxygen atoms in total. The molecule has 1 saturated carbocycles. The molecule has 74 valence electrons. The lowest BCUT2D eigenvalue weighted by Crippen LogP contribution is -2.28. The summed E-state index contributed by atoms with van der Waals surface area (Å²) < 4.78 is 0. The molecule has 0 aromatic carbocycles. The first-order chi connectivity index (χ1) is 6.09. The first kappa shape index (κ1) is 10.4. The van der Waals surface area contributed by atoms with Gasteiger partial charge in [0.05, 0.1) is 11.5 Å². The van der Waals surface area contributed by atoms with Gasteiger partial charge >= 0.3 is 5.97 Å². The summed E-state index contributed by atoms with van der Waals surface area (Å²) in [5, 5.41) is 11.1. The highest BCUT2D eigenvalue weighted by Gasteiger charge is 2.33. The van der Waals surface area contributed by atoms with Crippen LogP contribution in [0.3, 0.4) is 0 Å². The van der Waals surface area contributed by atoms with Crippen LogP contribution in [0.5, 0.6) is 0 Å². The van der Waals surface area contributed by atoms with Gasteiger partial charge in [0.25, 0.3) is 0 Å². The Labute approximate surface area is 81.1 Å². The number of hydrogen-bond donors (Lipinski definition) is 2. The Hall–Kier alpha value is -0.710. The van der Waals surface area contributed by atoms with E-state index in [4.69, 9.17) is 5.11 Å². The van der Waals surface area contributed by atoms with Gasteiger partial charge in [-0.15, -0.1) is 11.8 Å². The SMILES string of the molecule is CC1CC1NC(=O)CSCC(=O)O. The van der Waals surface area contributed by atoms with Crippen LogP contribution in [-0.4, -0.2) is 34.5 Å². The minimum atomic E-state index is -0.877. The summed E-state index contributed by atoms with van der Waals surface area (Å²) in [7, 11) is 0. The van der Waals surface area contributed by atoms with Crippen molar-refractivity contribution in [3.63, 3.8) is 0 Å². The minimum Gasteiger partial charge on any atom is -0.481 e. The Kier molecular flexibility index (Phi) is 3.59. The molecular weight excluding hydrogens is 190 g/mol. The molecule has 1 aliphatic rings. The van der Waals surface area contributed by atoms with Crippen molar-refractivity contribution in [1.82, 2.24) is 5.32 Å². The molecule has 2 unspecified atom stereocenters. The highest BCUT2D eigenvalue weighted by atomic mass is 32.2. The van der Waals surface area contributed by atoms with Crippen LogP contribution in [0.15, 0.2) is 0 Å². The van der Waals surface area contributed by atoms with E-state index in [1.54, 1.807) is 0 Å². The van der Waals surface area contributed by atoms with Crippen molar-refractivity contribution in [3.8, 4) is 0 Å². The Morgan fingerprint density at radius 2 is 2.15 bits per heavy atom. The summed E-state index contributed by atoms with van der Waals surface area (Å²) in [6, 6.07) is 0.331. The number of thioether (sulfide) groups is 1. The fraction of sp³-hybridized carbons (Fsp3) is 0.750. The number of amides is 1. The molecule has 0 aromatic heterocycles. The van der Waals surface area contributed by atoms with Crippen molar-refractivity contribution in [2.24, 2.45) is 5.92 Å². The molecule has 0 aliphatic heterocycles. The van der Waals surface area contributed by atoms with Gasteiger partial charge in [-0.1, -0.05) is 6.92 Å². The first-order valence-electron chi connectivity index (χ1n) is 4.18. The van der Waals surface area contributed by atoms with Crippen LogP contribution < -0.4 is 5.32 Å². The van der Waals surface area contributed by atoms with Crippen LogP contribution in [0.25, 0.3) is 0 Å². The molecule has 2 N–H and O–H groups in total. The van der Waals surface area contributed by atoms with Crippen molar-refractivity contribution in [2.75, 3.05) is 11.5 Å². The predicted molar refractivity (Wildman–Crippen MR) is 50.7 cm³/mol. The average molecular weight is 203 g/mol. The molecular formula is C8H13NO3S. The average Bonchev–Trinajstić information content (AvgIpc) is 2.65. The Morgan fingerprint density at radius 1 is 1.54 bits per heavy atom. The number of aliphatic carboxylic acids is 1. The first-order valence-corrected chi connectivity index (χ1v) is 5.34. The third-order valence-electron chi connectivity index (χ3n) is 1.91. The highest BCUT2D eigenvalue weighted by molar-refractivity contribution is 8.00. The zero-order valence-corrected chi connectivity index (χ0v) is 8.26. The fourth-order valence-corrected chi connectivity index (χ4v) is 1.55. The highest BCUT2D eigenvalue weighted by Crippen LogP contribution is 2.28. The number of carbonyl (C=O) groups excluding carboxylic acids is 1. The van der Waals surface area contributed by atoms with Crippen LogP contribution in [-0.2, 0) is 9.59 Å². The quantitative estimate of drug-likeness (QED) is 0.675. The second kappa shape index (κ2) is 4.50. The van der Waals surface area contributed by atoms with Gasteiger partial charge in [-0.05, 0) is 12.3 Å². The zero-order valence-electron chi connectivity index (χ0n) is 7.45. The predicted octanol–water partition coefficient (Wildman–Crippen LogP) is 0.329. The Morgan fingerprint density at radius 3 is 2.62 bits per heavy atom. The maximum absolute atomic E-state index is 11.1. The number of carbonyl (C=O) groups is 2. The summed E-state index contributed by atoms with van der Waals surface area (Å²) >= 11 is 1.13. The van der Waals surface area contributed by atoms with E-state index >= 15 is 0 Å². The van der Waals surface area contributed by atoms with Gasteiger partial charge in [0.15, 0.2) is 0 Å². The minimum absolute atomic E-state index is 0.00631.